The molecule has 2 aromatic rings. The number of nitrogen functional groups attached to an aromatic ring is 1. The number of hydrogen-bond donors (Lipinski definition) is 6. The van der Waals surface area contributed by atoms with E-state index in [0.717, 1.165) is 16.1 Å². The molecule has 1 saturated heterocycles. The number of aromatic nitrogens is 4. The molecule has 2 atom stereocenters. The molecule has 9 N–H and O–H groups in total. The van der Waals surface area contributed by atoms with Crippen LogP contribution in [0.2, 0.25) is 0 Å². The molecule has 1 aliphatic carbocycles. The van der Waals surface area contributed by atoms with Gasteiger partial charge in [-0.3, -0.25) is 14.1 Å². The Balaban J connectivity index is 1.62. The number of hydrogen-bond acceptors (Lipinski definition) is 14. The molecule has 0 unspecified atom stereocenters. The number of nitrogens with one attached hydrogen (secondary N) is 1. The van der Waals surface area contributed by atoms with Gasteiger partial charge in [0.25, 0.3) is 11.8 Å². The summed E-state index contributed by atoms with van der Waals surface area (Å²) >= 11 is 0.973. The van der Waals surface area contributed by atoms with Gasteiger partial charge < -0.3 is 32.5 Å². The standard InChI is InChI=1S/C19H26N10O8S2/c20-5-9-10(6-21)26-28(25-9)7-12-14(16(31)29(12)39(34,35)36)24-15(30)13(11-8-38-18(22)23-11)27-37-19(17(32)33)3-1-2-4-19/h8,12,14H,1-7,20-21H2,(H2,22,23)(H,24,30)(H,32,33)(H,34,35,36)/b27-13-/t12-,14+/m1/s1. The summed E-state index contributed by atoms with van der Waals surface area (Å²) in [6.45, 7) is -0.377. The predicted molar refractivity (Wildman–Crippen MR) is 133 cm³/mol. The fourth-order valence-electron chi connectivity index (χ4n) is 4.36. The monoisotopic (exact) mass is 586 g/mol. The number of carbonyl (C=O) groups is 3. The summed E-state index contributed by atoms with van der Waals surface area (Å²) in [6, 6.07) is -2.82. The van der Waals surface area contributed by atoms with Gasteiger partial charge in [0.2, 0.25) is 5.60 Å². The molecule has 18 nitrogen and oxygen atoms in total. The van der Waals surface area contributed by atoms with Gasteiger partial charge in [-0.25, -0.2) is 14.1 Å². The molecule has 2 amide bonds. The first kappa shape index (κ1) is 28.3. The van der Waals surface area contributed by atoms with Gasteiger partial charge in [0, 0.05) is 31.3 Å². The number of oxime groups is 1. The Hall–Kier alpha value is -3.72. The topological polar surface area (TPSA) is 284 Å². The Labute approximate surface area is 225 Å². The van der Waals surface area contributed by atoms with E-state index in [1.807, 2.05) is 0 Å². The highest BCUT2D eigenvalue weighted by molar-refractivity contribution is 7.84. The largest absolute Gasteiger partial charge is 0.478 e. The van der Waals surface area contributed by atoms with Crippen molar-refractivity contribution in [1.29, 1.82) is 0 Å². The second-order valence-corrected chi connectivity index (χ2v) is 11.0. The number of amides is 2. The average Bonchev–Trinajstić information content (AvgIpc) is 3.61. The van der Waals surface area contributed by atoms with Crippen molar-refractivity contribution >= 4 is 50.3 Å². The third-order valence-electron chi connectivity index (χ3n) is 6.34. The van der Waals surface area contributed by atoms with Crippen molar-refractivity contribution in [2.75, 3.05) is 5.73 Å². The van der Waals surface area contributed by atoms with Crippen LogP contribution in [0.1, 0.15) is 42.8 Å². The number of rotatable bonds is 11. The van der Waals surface area contributed by atoms with E-state index < -0.39 is 51.5 Å². The SMILES string of the molecule is NCc1nn(C[C@@H]2[C@H](NC(=O)/C(=N\OC3(C(=O)O)CCCC3)c3csc(N)n3)C(=O)N2S(=O)(=O)O)nc1CN. The lowest BCUT2D eigenvalue weighted by molar-refractivity contribution is -0.165. The lowest BCUT2D eigenvalue weighted by Gasteiger charge is -2.43. The molecule has 0 radical (unpaired) electrons. The zero-order chi connectivity index (χ0) is 28.5. The molecule has 2 aliphatic rings. The first-order chi connectivity index (χ1) is 18.4. The third kappa shape index (κ3) is 5.54. The second kappa shape index (κ2) is 10.8. The molecule has 212 valence electrons. The molecule has 3 heterocycles. The van der Waals surface area contributed by atoms with Crippen LogP contribution < -0.4 is 22.5 Å². The summed E-state index contributed by atoms with van der Waals surface area (Å²) in [5.41, 5.74) is 15.4. The minimum atomic E-state index is -5.01. The van der Waals surface area contributed by atoms with E-state index in [9.17, 15) is 32.5 Å². The molecule has 4 rings (SSSR count). The molecule has 20 heteroatoms. The van der Waals surface area contributed by atoms with E-state index in [4.69, 9.17) is 22.0 Å². The average molecular weight is 587 g/mol. The molecule has 39 heavy (non-hydrogen) atoms. The van der Waals surface area contributed by atoms with E-state index in [0.29, 0.717) is 24.2 Å². The van der Waals surface area contributed by atoms with Crippen molar-refractivity contribution < 1.29 is 37.3 Å². The van der Waals surface area contributed by atoms with Crippen molar-refractivity contribution in [3.63, 3.8) is 0 Å². The Morgan fingerprint density at radius 2 is 1.85 bits per heavy atom. The van der Waals surface area contributed by atoms with Gasteiger partial charge in [-0.1, -0.05) is 5.16 Å². The van der Waals surface area contributed by atoms with E-state index in [-0.39, 0.29) is 47.6 Å². The lowest BCUT2D eigenvalue weighted by Crippen LogP contribution is -2.73. The van der Waals surface area contributed by atoms with Gasteiger partial charge in [0.1, 0.15) is 29.2 Å². The van der Waals surface area contributed by atoms with Crippen molar-refractivity contribution in [2.24, 2.45) is 16.6 Å². The fourth-order valence-corrected chi connectivity index (χ4v) is 5.78. The first-order valence-corrected chi connectivity index (χ1v) is 13.8. The maximum Gasteiger partial charge on any atom is 0.362 e. The summed E-state index contributed by atoms with van der Waals surface area (Å²) < 4.78 is 33.5. The fraction of sp³-hybridized carbons (Fsp3) is 0.526. The molecule has 0 aromatic carbocycles. The molecular formula is C19H26N10O8S2. The van der Waals surface area contributed by atoms with Crippen molar-refractivity contribution in [2.45, 2.75) is 63.0 Å². The maximum atomic E-state index is 13.3. The van der Waals surface area contributed by atoms with Crippen LogP contribution in [-0.2, 0) is 49.2 Å². The van der Waals surface area contributed by atoms with Crippen LogP contribution in [0.3, 0.4) is 0 Å². The van der Waals surface area contributed by atoms with E-state index >= 15 is 0 Å². The van der Waals surface area contributed by atoms with Gasteiger partial charge in [-0.05, 0) is 12.8 Å². The number of carbonyl (C=O) groups excluding carboxylic acids is 2. The van der Waals surface area contributed by atoms with E-state index in [2.05, 4.69) is 25.7 Å². The maximum absolute atomic E-state index is 13.3. The molecule has 0 spiro atoms. The summed E-state index contributed by atoms with van der Waals surface area (Å²) in [4.78, 5) is 48.2. The Morgan fingerprint density at radius 1 is 1.23 bits per heavy atom. The first-order valence-electron chi connectivity index (χ1n) is 11.6. The Bertz CT molecular complexity index is 1390. The lowest BCUT2D eigenvalue weighted by atomic mass is 9.98. The number of nitrogens with zero attached hydrogens (tertiary/aromatic N) is 6. The van der Waals surface area contributed by atoms with E-state index in [1.54, 1.807) is 0 Å². The Morgan fingerprint density at radius 3 is 2.33 bits per heavy atom. The number of thiazole rings is 1. The summed E-state index contributed by atoms with van der Waals surface area (Å²) in [5.74, 6) is -3.42. The van der Waals surface area contributed by atoms with E-state index in [1.165, 1.54) is 5.38 Å². The molecule has 2 fully saturated rings. The minimum absolute atomic E-state index is 0.00720. The highest BCUT2D eigenvalue weighted by Crippen LogP contribution is 2.34. The summed E-state index contributed by atoms with van der Waals surface area (Å²) in [7, 11) is -5.01. The number of anilines is 1. The zero-order valence-electron chi connectivity index (χ0n) is 20.3. The second-order valence-electron chi connectivity index (χ2n) is 8.80. The zero-order valence-corrected chi connectivity index (χ0v) is 21.9. The van der Waals surface area contributed by atoms with Crippen LogP contribution >= 0.6 is 11.3 Å². The molecular weight excluding hydrogens is 560 g/mol. The third-order valence-corrected chi connectivity index (χ3v) is 7.96. The number of aliphatic carboxylic acids is 1. The van der Waals surface area contributed by atoms with Crippen LogP contribution in [0.4, 0.5) is 5.13 Å². The van der Waals surface area contributed by atoms with Gasteiger partial charge >= 0.3 is 16.3 Å². The Kier molecular flexibility index (Phi) is 7.84. The van der Waals surface area contributed by atoms with Crippen LogP contribution in [0, 0.1) is 0 Å². The molecule has 0 bridgehead atoms. The summed E-state index contributed by atoms with van der Waals surface area (Å²) in [5, 5.41) is 25.5. The smallest absolute Gasteiger partial charge is 0.362 e. The molecule has 2 aromatic heterocycles. The molecule has 1 aliphatic heterocycles. The minimum Gasteiger partial charge on any atom is -0.478 e. The number of β-lactam (4-membered cyclic amide) rings is 1. The van der Waals surface area contributed by atoms with Crippen LogP contribution in [0.25, 0.3) is 0 Å². The van der Waals surface area contributed by atoms with Crippen molar-refractivity contribution in [3.8, 4) is 0 Å². The van der Waals surface area contributed by atoms with Crippen molar-refractivity contribution in [3.05, 3.63) is 22.5 Å². The molecule has 1 saturated carbocycles. The quantitative estimate of drug-likeness (QED) is 0.0690. The number of carboxylic acids is 1. The number of nitrogens with two attached hydrogens (primary N) is 3. The van der Waals surface area contributed by atoms with Gasteiger partial charge in [0.15, 0.2) is 10.8 Å². The van der Waals surface area contributed by atoms with Gasteiger partial charge in [-0.15, -0.1) is 11.3 Å². The normalized spacial score (nSPS) is 21.1. The number of carboxylic acid groups (broad SMARTS) is 1. The van der Waals surface area contributed by atoms with Crippen LogP contribution in [0.15, 0.2) is 10.5 Å². The highest BCUT2D eigenvalue weighted by atomic mass is 32.2. The summed E-state index contributed by atoms with van der Waals surface area (Å²) in [6.07, 6.45) is 1.49. The predicted octanol–water partition coefficient (Wildman–Crippen LogP) is -2.45. The highest BCUT2D eigenvalue weighted by Gasteiger charge is 2.55. The van der Waals surface area contributed by atoms with Crippen LogP contribution in [0.5, 0.6) is 0 Å². The van der Waals surface area contributed by atoms with Gasteiger partial charge in [0.05, 0.1) is 6.54 Å². The van der Waals surface area contributed by atoms with Crippen molar-refractivity contribution in [1.82, 2.24) is 29.6 Å². The van der Waals surface area contributed by atoms with Gasteiger partial charge in [-0.2, -0.15) is 23.4 Å². The van der Waals surface area contributed by atoms with Crippen LogP contribution in [-0.4, -0.2) is 83.5 Å².